The molecule has 8 heteroatoms. The van der Waals surface area contributed by atoms with Gasteiger partial charge in [0, 0.05) is 37.4 Å². The van der Waals surface area contributed by atoms with E-state index in [1.54, 1.807) is 17.4 Å². The number of nitrogens with zero attached hydrogens (tertiary/aromatic N) is 5. The van der Waals surface area contributed by atoms with Gasteiger partial charge in [-0.15, -0.1) is 0 Å². The van der Waals surface area contributed by atoms with Gasteiger partial charge >= 0.3 is 6.09 Å². The van der Waals surface area contributed by atoms with Crippen LogP contribution in [-0.2, 0) is 24.2 Å². The third-order valence-corrected chi connectivity index (χ3v) is 4.71. The van der Waals surface area contributed by atoms with Crippen molar-refractivity contribution in [2.75, 3.05) is 11.9 Å². The lowest BCUT2D eigenvalue weighted by molar-refractivity contribution is 0.0220. The second-order valence-corrected chi connectivity index (χ2v) is 8.38. The minimum atomic E-state index is -0.516. The number of anilines is 2. The zero-order valence-corrected chi connectivity index (χ0v) is 17.5. The van der Waals surface area contributed by atoms with Gasteiger partial charge in [0.1, 0.15) is 5.60 Å². The molecule has 0 radical (unpaired) electrons. The first-order valence-corrected chi connectivity index (χ1v) is 10.0. The van der Waals surface area contributed by atoms with E-state index in [4.69, 9.17) is 4.74 Å². The van der Waals surface area contributed by atoms with Gasteiger partial charge in [0.05, 0.1) is 18.6 Å². The summed E-state index contributed by atoms with van der Waals surface area (Å²) >= 11 is 0. The quantitative estimate of drug-likeness (QED) is 0.710. The molecule has 30 heavy (non-hydrogen) atoms. The van der Waals surface area contributed by atoms with E-state index in [9.17, 15) is 4.79 Å². The van der Waals surface area contributed by atoms with E-state index in [1.165, 1.54) is 0 Å². The molecule has 1 aliphatic heterocycles. The van der Waals surface area contributed by atoms with Crippen LogP contribution in [0.4, 0.5) is 16.4 Å². The van der Waals surface area contributed by atoms with Crippen LogP contribution in [0.1, 0.15) is 37.6 Å². The molecule has 1 aromatic carbocycles. The average Bonchev–Trinajstić information content (AvgIpc) is 3.19. The van der Waals surface area contributed by atoms with Crippen molar-refractivity contribution >= 4 is 17.7 Å². The van der Waals surface area contributed by atoms with Crippen LogP contribution in [0, 0.1) is 0 Å². The predicted molar refractivity (Wildman–Crippen MR) is 113 cm³/mol. The van der Waals surface area contributed by atoms with Crippen molar-refractivity contribution in [3.8, 4) is 0 Å². The van der Waals surface area contributed by atoms with Crippen LogP contribution in [0.5, 0.6) is 0 Å². The van der Waals surface area contributed by atoms with Crippen molar-refractivity contribution in [1.29, 1.82) is 0 Å². The minimum Gasteiger partial charge on any atom is -0.444 e. The first kappa shape index (κ1) is 19.9. The molecule has 0 atom stereocenters. The third kappa shape index (κ3) is 4.94. The number of fused-ring (bicyclic) bond motifs is 1. The van der Waals surface area contributed by atoms with Gasteiger partial charge in [0.2, 0.25) is 5.95 Å². The standard InChI is InChI=1S/C22H26N6O2/c1-22(2,3)30-21(29)28-9-7-17-12-24-20(26-19(17)14-28)25-18-6-4-5-16(11-18)13-27-10-8-23-15-27/h4-6,8,10-12,15H,7,9,13-14H2,1-3H3,(H,24,25,26). The van der Waals surface area contributed by atoms with Crippen molar-refractivity contribution in [3.05, 3.63) is 66.0 Å². The molecule has 1 amide bonds. The second-order valence-electron chi connectivity index (χ2n) is 8.38. The summed E-state index contributed by atoms with van der Waals surface area (Å²) in [5.74, 6) is 0.513. The van der Waals surface area contributed by atoms with E-state index in [1.807, 2.05) is 49.9 Å². The summed E-state index contributed by atoms with van der Waals surface area (Å²) in [4.78, 5) is 27.3. The van der Waals surface area contributed by atoms with Gasteiger partial charge < -0.3 is 19.5 Å². The molecule has 0 saturated carbocycles. The molecule has 2 aromatic heterocycles. The first-order chi connectivity index (χ1) is 14.4. The highest BCUT2D eigenvalue weighted by atomic mass is 16.6. The number of hydrogen-bond acceptors (Lipinski definition) is 6. The molecule has 4 rings (SSSR count). The summed E-state index contributed by atoms with van der Waals surface area (Å²) < 4.78 is 7.51. The van der Waals surface area contributed by atoms with Gasteiger partial charge in [-0.3, -0.25) is 0 Å². The SMILES string of the molecule is CC(C)(C)OC(=O)N1CCc2cnc(Nc3cccc(Cn4ccnc4)c3)nc2C1. The normalized spacial score (nSPS) is 13.6. The van der Waals surface area contributed by atoms with Crippen molar-refractivity contribution in [3.63, 3.8) is 0 Å². The smallest absolute Gasteiger partial charge is 0.410 e. The molecular formula is C22H26N6O2. The number of nitrogens with one attached hydrogen (secondary N) is 1. The number of hydrogen-bond donors (Lipinski definition) is 1. The van der Waals surface area contributed by atoms with E-state index in [2.05, 4.69) is 32.4 Å². The maximum absolute atomic E-state index is 12.4. The molecule has 0 spiro atoms. The van der Waals surface area contributed by atoms with Crippen molar-refractivity contribution in [1.82, 2.24) is 24.4 Å². The Morgan fingerprint density at radius 3 is 2.93 bits per heavy atom. The lowest BCUT2D eigenvalue weighted by atomic mass is 10.1. The fourth-order valence-electron chi connectivity index (χ4n) is 3.31. The van der Waals surface area contributed by atoms with Crippen molar-refractivity contribution in [2.45, 2.75) is 45.9 Å². The number of carbonyl (C=O) groups is 1. The van der Waals surface area contributed by atoms with Gasteiger partial charge in [-0.25, -0.2) is 19.7 Å². The lowest BCUT2D eigenvalue weighted by Gasteiger charge is -2.30. The van der Waals surface area contributed by atoms with E-state index >= 15 is 0 Å². The second kappa shape index (κ2) is 8.14. The molecule has 0 saturated heterocycles. The number of rotatable bonds is 4. The topological polar surface area (TPSA) is 85.2 Å². The van der Waals surface area contributed by atoms with Crippen LogP contribution < -0.4 is 5.32 Å². The maximum atomic E-state index is 12.4. The van der Waals surface area contributed by atoms with Crippen LogP contribution in [0.3, 0.4) is 0 Å². The number of ether oxygens (including phenoxy) is 1. The van der Waals surface area contributed by atoms with E-state index in [-0.39, 0.29) is 6.09 Å². The summed E-state index contributed by atoms with van der Waals surface area (Å²) in [6.07, 6.45) is 7.74. The van der Waals surface area contributed by atoms with Crippen LogP contribution >= 0.6 is 0 Å². The Morgan fingerprint density at radius 2 is 2.17 bits per heavy atom. The molecule has 0 bridgehead atoms. The number of benzene rings is 1. The molecule has 3 heterocycles. The summed E-state index contributed by atoms with van der Waals surface area (Å²) in [7, 11) is 0. The molecule has 3 aromatic rings. The largest absolute Gasteiger partial charge is 0.444 e. The highest BCUT2D eigenvalue weighted by Crippen LogP contribution is 2.22. The number of carbonyl (C=O) groups excluding carboxylic acids is 1. The molecule has 156 valence electrons. The van der Waals surface area contributed by atoms with Crippen LogP contribution in [0.2, 0.25) is 0 Å². The fourth-order valence-corrected chi connectivity index (χ4v) is 3.31. The Balaban J connectivity index is 1.46. The summed E-state index contributed by atoms with van der Waals surface area (Å²) in [6, 6.07) is 8.11. The molecular weight excluding hydrogens is 380 g/mol. The average molecular weight is 406 g/mol. The maximum Gasteiger partial charge on any atom is 0.410 e. The third-order valence-electron chi connectivity index (χ3n) is 4.71. The molecule has 0 aliphatic carbocycles. The van der Waals surface area contributed by atoms with Gasteiger partial charge in [-0.2, -0.15) is 0 Å². The van der Waals surface area contributed by atoms with Crippen LogP contribution in [-0.4, -0.2) is 42.7 Å². The molecule has 8 nitrogen and oxygen atoms in total. The Hall–Kier alpha value is -3.42. The summed E-state index contributed by atoms with van der Waals surface area (Å²) in [5, 5.41) is 3.27. The van der Waals surface area contributed by atoms with Gasteiger partial charge in [-0.05, 0) is 50.5 Å². The Bertz CT molecular complexity index is 1030. The van der Waals surface area contributed by atoms with Crippen molar-refractivity contribution in [2.24, 2.45) is 0 Å². The summed E-state index contributed by atoms with van der Waals surface area (Å²) in [5.41, 5.74) is 3.45. The highest BCUT2D eigenvalue weighted by Gasteiger charge is 2.26. The van der Waals surface area contributed by atoms with E-state index in [0.717, 1.165) is 35.5 Å². The lowest BCUT2D eigenvalue weighted by Crippen LogP contribution is -2.40. The van der Waals surface area contributed by atoms with Crippen molar-refractivity contribution < 1.29 is 9.53 Å². The number of amides is 1. The predicted octanol–water partition coefficient (Wildman–Crippen LogP) is 3.76. The van der Waals surface area contributed by atoms with Gasteiger partial charge in [0.25, 0.3) is 0 Å². The zero-order chi connectivity index (χ0) is 21.1. The van der Waals surface area contributed by atoms with Gasteiger partial charge in [-0.1, -0.05) is 12.1 Å². The molecule has 1 aliphatic rings. The minimum absolute atomic E-state index is 0.312. The van der Waals surface area contributed by atoms with Crippen LogP contribution in [0.25, 0.3) is 0 Å². The molecule has 1 N–H and O–H groups in total. The number of imidazole rings is 1. The van der Waals surface area contributed by atoms with Gasteiger partial charge in [0.15, 0.2) is 0 Å². The Labute approximate surface area is 175 Å². The first-order valence-electron chi connectivity index (χ1n) is 10.0. The fraction of sp³-hybridized carbons (Fsp3) is 0.364. The number of aromatic nitrogens is 4. The van der Waals surface area contributed by atoms with E-state index in [0.29, 0.717) is 19.0 Å². The summed E-state index contributed by atoms with van der Waals surface area (Å²) in [6.45, 7) is 7.37. The highest BCUT2D eigenvalue weighted by molar-refractivity contribution is 5.68. The van der Waals surface area contributed by atoms with E-state index < -0.39 is 5.60 Å². The molecule has 0 fully saturated rings. The monoisotopic (exact) mass is 406 g/mol. The van der Waals surface area contributed by atoms with Crippen LogP contribution in [0.15, 0.2) is 49.2 Å². The zero-order valence-electron chi connectivity index (χ0n) is 17.5. The Kier molecular flexibility index (Phi) is 5.39. The molecule has 0 unspecified atom stereocenters. The Morgan fingerprint density at radius 1 is 1.30 bits per heavy atom.